The molecule has 2 heterocycles. The van der Waals surface area contributed by atoms with E-state index in [9.17, 15) is 35.2 Å². The number of aromatic nitrogens is 4. The van der Waals surface area contributed by atoms with E-state index in [0.717, 1.165) is 23.0 Å². The smallest absolute Gasteiger partial charge is 0.321 e. The number of halogens is 6. The van der Waals surface area contributed by atoms with Crippen LogP contribution in [0.15, 0.2) is 53.3 Å². The molecule has 5 aromatic rings. The fourth-order valence-electron chi connectivity index (χ4n) is 5.70. The van der Waals surface area contributed by atoms with Gasteiger partial charge in [-0.1, -0.05) is 17.7 Å². The Morgan fingerprint density at radius 2 is 1.76 bits per heavy atom. The largest absolute Gasteiger partial charge is 0.398 e. The van der Waals surface area contributed by atoms with Gasteiger partial charge in [0, 0.05) is 13.1 Å². The van der Waals surface area contributed by atoms with Crippen molar-refractivity contribution in [3.63, 3.8) is 0 Å². The van der Waals surface area contributed by atoms with Crippen LogP contribution in [-0.4, -0.2) is 40.2 Å². The predicted octanol–water partition coefficient (Wildman–Crippen LogP) is 5.41. The maximum absolute atomic E-state index is 14.2. The third-order valence-electron chi connectivity index (χ3n) is 7.89. The SMILES string of the molecule is Cn1nc(NS(C)(=O)=O)c2c(Cl)ccc(-n3c([C@@H](N)Cc4cc(F)cc(F)c4)nc4cc(C5(C(F)(F)F)CC5)ccc4c3=O)c21. The number of rotatable bonds is 7. The maximum atomic E-state index is 14.2. The summed E-state index contributed by atoms with van der Waals surface area (Å²) in [7, 11) is -2.31. The summed E-state index contributed by atoms with van der Waals surface area (Å²) >= 11 is 6.46. The van der Waals surface area contributed by atoms with Crippen LogP contribution < -0.4 is 16.0 Å². The molecule has 1 aliphatic carbocycles. The van der Waals surface area contributed by atoms with Gasteiger partial charge in [0.05, 0.1) is 50.2 Å². The van der Waals surface area contributed by atoms with E-state index in [0.29, 0.717) is 6.07 Å². The quantitative estimate of drug-likeness (QED) is 0.224. The van der Waals surface area contributed by atoms with Crippen LogP contribution in [0, 0.1) is 11.6 Å². The second-order valence-electron chi connectivity index (χ2n) is 11.1. The monoisotopic (exact) mass is 666 g/mol. The first-order valence-electron chi connectivity index (χ1n) is 13.5. The van der Waals surface area contributed by atoms with Gasteiger partial charge in [-0.3, -0.25) is 18.8 Å². The molecule has 1 aliphatic rings. The summed E-state index contributed by atoms with van der Waals surface area (Å²) in [5.74, 6) is -1.95. The molecule has 0 amide bonds. The van der Waals surface area contributed by atoms with E-state index in [-0.39, 0.29) is 74.5 Å². The molecule has 9 nitrogen and oxygen atoms in total. The molecule has 0 bridgehead atoms. The first kappa shape index (κ1) is 30.9. The van der Waals surface area contributed by atoms with Crippen molar-refractivity contribution in [2.75, 3.05) is 11.0 Å². The molecule has 2 aromatic heterocycles. The van der Waals surface area contributed by atoms with Crippen molar-refractivity contribution in [3.05, 3.63) is 92.5 Å². The van der Waals surface area contributed by atoms with Crippen molar-refractivity contribution in [1.29, 1.82) is 0 Å². The van der Waals surface area contributed by atoms with Gasteiger partial charge in [-0.25, -0.2) is 22.2 Å². The first-order valence-corrected chi connectivity index (χ1v) is 15.7. The molecule has 1 saturated carbocycles. The van der Waals surface area contributed by atoms with Gasteiger partial charge in [-0.2, -0.15) is 18.3 Å². The third kappa shape index (κ3) is 5.42. The summed E-state index contributed by atoms with van der Waals surface area (Å²) in [6.07, 6.45) is -4.01. The summed E-state index contributed by atoms with van der Waals surface area (Å²) in [5.41, 5.74) is 4.17. The number of hydrogen-bond acceptors (Lipinski definition) is 6. The minimum atomic E-state index is -4.51. The number of benzene rings is 3. The number of anilines is 1. The number of aryl methyl sites for hydroxylation is 1. The average molecular weight is 667 g/mol. The van der Waals surface area contributed by atoms with Gasteiger partial charge in [-0.05, 0) is 66.8 Å². The van der Waals surface area contributed by atoms with Crippen LogP contribution in [0.25, 0.3) is 27.5 Å². The molecule has 0 unspecified atom stereocenters. The van der Waals surface area contributed by atoms with Gasteiger partial charge in [0.1, 0.15) is 17.5 Å². The van der Waals surface area contributed by atoms with Crippen LogP contribution in [0.2, 0.25) is 5.02 Å². The second-order valence-corrected chi connectivity index (χ2v) is 13.3. The lowest BCUT2D eigenvalue weighted by atomic mass is 9.94. The molecule has 0 aliphatic heterocycles. The number of nitrogens with zero attached hydrogens (tertiary/aromatic N) is 4. The highest BCUT2D eigenvalue weighted by atomic mass is 35.5. The average Bonchev–Trinajstić information content (AvgIpc) is 3.68. The summed E-state index contributed by atoms with van der Waals surface area (Å²) in [6, 6.07) is 8.22. The van der Waals surface area contributed by atoms with Crippen LogP contribution in [0.3, 0.4) is 0 Å². The molecule has 3 aromatic carbocycles. The Morgan fingerprint density at radius 1 is 1.09 bits per heavy atom. The van der Waals surface area contributed by atoms with Crippen LogP contribution in [0.4, 0.5) is 27.8 Å². The molecule has 45 heavy (non-hydrogen) atoms. The van der Waals surface area contributed by atoms with Crippen LogP contribution in [-0.2, 0) is 28.9 Å². The standard InChI is InChI=1S/C29H24ClF5N6O3S/c1-40-24-22(6-5-19(30)23(24)25(38-40)39-45(2,43)44)41-26(20(36)11-14-9-16(31)13-17(32)10-14)37-21-12-15(3-4-18(21)27(41)42)28(7-8-28)29(33,34)35/h3-6,9-10,12-13,20H,7-8,11,36H2,1-2H3,(H,38,39)/t20-/m0/s1. The number of sulfonamides is 1. The Labute approximate surface area is 257 Å². The minimum absolute atomic E-state index is 0.0239. The number of hydrogen-bond donors (Lipinski definition) is 2. The number of fused-ring (bicyclic) bond motifs is 2. The fraction of sp³-hybridized carbons (Fsp3) is 0.276. The van der Waals surface area contributed by atoms with Gasteiger partial charge in [0.25, 0.3) is 5.56 Å². The van der Waals surface area contributed by atoms with Crippen molar-refractivity contribution >= 4 is 49.2 Å². The highest BCUT2D eigenvalue weighted by molar-refractivity contribution is 7.92. The molecule has 236 valence electrons. The molecular weight excluding hydrogens is 643 g/mol. The minimum Gasteiger partial charge on any atom is -0.321 e. The van der Waals surface area contributed by atoms with E-state index >= 15 is 0 Å². The summed E-state index contributed by atoms with van der Waals surface area (Å²) in [6.45, 7) is 0. The Balaban J connectivity index is 1.62. The van der Waals surface area contributed by atoms with Crippen molar-refractivity contribution in [2.24, 2.45) is 12.8 Å². The van der Waals surface area contributed by atoms with Crippen LogP contribution in [0.5, 0.6) is 0 Å². The van der Waals surface area contributed by atoms with Crippen molar-refractivity contribution in [3.8, 4) is 5.69 Å². The summed E-state index contributed by atoms with van der Waals surface area (Å²) < 4.78 is 98.7. The Hall–Kier alpha value is -4.08. The van der Waals surface area contributed by atoms with E-state index in [1.54, 1.807) is 0 Å². The van der Waals surface area contributed by atoms with Crippen molar-refractivity contribution in [2.45, 2.75) is 36.9 Å². The lowest BCUT2D eigenvalue weighted by Gasteiger charge is -2.22. The molecule has 0 saturated heterocycles. The van der Waals surface area contributed by atoms with Gasteiger partial charge in [0.15, 0.2) is 5.82 Å². The third-order valence-corrected chi connectivity index (χ3v) is 8.77. The van der Waals surface area contributed by atoms with Gasteiger partial charge in [0.2, 0.25) is 10.0 Å². The van der Waals surface area contributed by atoms with Gasteiger partial charge in [-0.15, -0.1) is 0 Å². The van der Waals surface area contributed by atoms with E-state index in [1.165, 1.54) is 42.1 Å². The fourth-order valence-corrected chi connectivity index (χ4v) is 6.44. The molecule has 0 spiro atoms. The number of alkyl halides is 3. The molecule has 0 radical (unpaired) electrons. The Bertz CT molecular complexity index is 2180. The van der Waals surface area contributed by atoms with E-state index in [1.807, 2.05) is 0 Å². The highest BCUT2D eigenvalue weighted by Crippen LogP contribution is 2.59. The van der Waals surface area contributed by atoms with Crippen LogP contribution >= 0.6 is 11.6 Å². The lowest BCUT2D eigenvalue weighted by molar-refractivity contribution is -0.160. The topological polar surface area (TPSA) is 125 Å². The predicted molar refractivity (Wildman–Crippen MR) is 159 cm³/mol. The van der Waals surface area contributed by atoms with E-state index in [2.05, 4.69) is 14.8 Å². The number of nitrogens with two attached hydrogens (primary N) is 1. The zero-order valence-corrected chi connectivity index (χ0v) is 25.2. The maximum Gasteiger partial charge on any atom is 0.398 e. The molecular formula is C29H24ClF5N6O3S. The molecule has 16 heteroatoms. The van der Waals surface area contributed by atoms with Crippen molar-refractivity contribution in [1.82, 2.24) is 19.3 Å². The van der Waals surface area contributed by atoms with Crippen LogP contribution in [0.1, 0.15) is 35.8 Å². The summed E-state index contributed by atoms with van der Waals surface area (Å²) in [4.78, 5) is 18.8. The zero-order chi connectivity index (χ0) is 32.6. The highest BCUT2D eigenvalue weighted by Gasteiger charge is 2.64. The Morgan fingerprint density at radius 3 is 2.36 bits per heavy atom. The summed E-state index contributed by atoms with van der Waals surface area (Å²) in [5, 5.41) is 4.45. The Kier molecular flexibility index (Phi) is 7.21. The molecule has 1 fully saturated rings. The van der Waals surface area contributed by atoms with Gasteiger partial charge >= 0.3 is 6.18 Å². The van der Waals surface area contributed by atoms with Gasteiger partial charge < -0.3 is 5.73 Å². The molecule has 3 N–H and O–H groups in total. The molecule has 1 atom stereocenters. The first-order chi connectivity index (χ1) is 21.0. The van der Waals surface area contributed by atoms with E-state index < -0.39 is 44.9 Å². The zero-order valence-electron chi connectivity index (χ0n) is 23.6. The normalized spacial score (nSPS) is 15.5. The van der Waals surface area contributed by atoms with E-state index in [4.69, 9.17) is 17.3 Å². The lowest BCUT2D eigenvalue weighted by Crippen LogP contribution is -2.31. The van der Waals surface area contributed by atoms with Crippen molar-refractivity contribution < 1.29 is 30.4 Å². The number of nitrogens with one attached hydrogen (secondary N) is 1. The molecule has 6 rings (SSSR count). The second kappa shape index (κ2) is 10.5.